The molecule has 198 valence electrons. The number of Topliss-reactive ketones (excluding diaryl/α,β-unsaturated/α-hetero) is 1. The molecule has 3 aromatic rings. The first-order chi connectivity index (χ1) is 19.0. The Morgan fingerprint density at radius 3 is 2.46 bits per heavy atom. The Bertz CT molecular complexity index is 1470. The predicted octanol–water partition coefficient (Wildman–Crippen LogP) is 5.74. The maximum absolute atomic E-state index is 13.8. The Kier molecular flexibility index (Phi) is 6.65. The lowest BCUT2D eigenvalue weighted by Crippen LogP contribution is -2.38. The molecule has 39 heavy (non-hydrogen) atoms. The van der Waals surface area contributed by atoms with E-state index in [2.05, 4.69) is 0 Å². The van der Waals surface area contributed by atoms with Crippen molar-refractivity contribution in [3.05, 3.63) is 101 Å². The van der Waals surface area contributed by atoms with Gasteiger partial charge in [-0.2, -0.15) is 0 Å². The van der Waals surface area contributed by atoms with Gasteiger partial charge < -0.3 is 18.9 Å². The van der Waals surface area contributed by atoms with Gasteiger partial charge in [-0.1, -0.05) is 48.5 Å². The average Bonchev–Trinajstić information content (AvgIpc) is 3.44. The van der Waals surface area contributed by atoms with Gasteiger partial charge in [0.1, 0.15) is 18.3 Å². The molecule has 0 aromatic heterocycles. The van der Waals surface area contributed by atoms with Crippen LogP contribution in [0.4, 0.5) is 0 Å². The highest BCUT2D eigenvalue weighted by Gasteiger charge is 2.45. The minimum Gasteiger partial charge on any atom is -0.497 e. The quantitative estimate of drug-likeness (QED) is 0.383. The van der Waals surface area contributed by atoms with E-state index in [9.17, 15) is 9.59 Å². The van der Waals surface area contributed by atoms with Crippen molar-refractivity contribution in [3.8, 4) is 17.2 Å². The monoisotopic (exact) mass is 523 g/mol. The van der Waals surface area contributed by atoms with Crippen LogP contribution in [0.25, 0.3) is 0 Å². The van der Waals surface area contributed by atoms with E-state index in [0.29, 0.717) is 35.6 Å². The number of fused-ring (bicyclic) bond motifs is 1. The van der Waals surface area contributed by atoms with Gasteiger partial charge in [0.15, 0.2) is 17.3 Å². The van der Waals surface area contributed by atoms with Crippen LogP contribution in [-0.2, 0) is 20.9 Å². The molecule has 0 saturated heterocycles. The fourth-order valence-electron chi connectivity index (χ4n) is 5.76. The molecule has 1 aliphatic carbocycles. The van der Waals surface area contributed by atoms with Crippen molar-refractivity contribution in [2.24, 2.45) is 10.9 Å². The third-order valence-corrected chi connectivity index (χ3v) is 7.71. The molecule has 1 unspecified atom stereocenters. The number of benzene rings is 3. The van der Waals surface area contributed by atoms with E-state index in [1.165, 1.54) is 0 Å². The molecule has 7 nitrogen and oxygen atoms in total. The molecule has 0 fully saturated rings. The largest absolute Gasteiger partial charge is 0.497 e. The third kappa shape index (κ3) is 4.80. The summed E-state index contributed by atoms with van der Waals surface area (Å²) in [6.45, 7) is 2.14. The van der Waals surface area contributed by atoms with Gasteiger partial charge in [0, 0.05) is 29.3 Å². The van der Waals surface area contributed by atoms with Gasteiger partial charge in [-0.15, -0.1) is 0 Å². The van der Waals surface area contributed by atoms with Crippen molar-refractivity contribution >= 4 is 17.5 Å². The number of esters is 1. The summed E-state index contributed by atoms with van der Waals surface area (Å²) in [5, 5.41) is 0. The number of allylic oxidation sites excluding steroid dienone is 2. The smallest absolute Gasteiger partial charge is 0.315 e. The number of nitrogens with zero attached hydrogens (tertiary/aromatic N) is 1. The molecule has 0 bridgehead atoms. The second kappa shape index (κ2) is 10.4. The SMILES string of the molecule is COc1ccc([C@@H]2CC(=O)C3=C(C2)N=C(C)C(C(=O)OCc2ccccc2)[C@H]3c2ccc3c(c2)OCO3)cc1. The summed E-state index contributed by atoms with van der Waals surface area (Å²) in [6.07, 6.45) is 0.949. The van der Waals surface area contributed by atoms with Gasteiger partial charge in [0.05, 0.1) is 7.11 Å². The number of hydrogen-bond acceptors (Lipinski definition) is 7. The van der Waals surface area contributed by atoms with E-state index in [1.807, 2.05) is 79.7 Å². The number of rotatable bonds is 6. The number of carbonyl (C=O) groups is 2. The molecule has 3 aromatic carbocycles. The van der Waals surface area contributed by atoms with E-state index in [1.54, 1.807) is 7.11 Å². The van der Waals surface area contributed by atoms with E-state index in [-0.39, 0.29) is 25.1 Å². The number of ketones is 1. The Morgan fingerprint density at radius 1 is 0.949 bits per heavy atom. The lowest BCUT2D eigenvalue weighted by Gasteiger charge is -2.36. The molecule has 0 N–H and O–H groups in total. The first-order valence-corrected chi connectivity index (χ1v) is 13.1. The molecule has 0 radical (unpaired) electrons. The lowest BCUT2D eigenvalue weighted by molar-refractivity contribution is -0.148. The van der Waals surface area contributed by atoms with Crippen LogP contribution in [0.15, 0.2) is 89.1 Å². The fourth-order valence-corrected chi connectivity index (χ4v) is 5.76. The fraction of sp³-hybridized carbons (Fsp3) is 0.281. The predicted molar refractivity (Wildman–Crippen MR) is 145 cm³/mol. The van der Waals surface area contributed by atoms with Gasteiger partial charge in [0.2, 0.25) is 6.79 Å². The average molecular weight is 524 g/mol. The number of aliphatic imine (C=N–C) groups is 1. The maximum atomic E-state index is 13.8. The van der Waals surface area contributed by atoms with Gasteiger partial charge in [-0.05, 0) is 60.2 Å². The van der Waals surface area contributed by atoms with E-state index in [4.69, 9.17) is 23.9 Å². The summed E-state index contributed by atoms with van der Waals surface area (Å²) in [7, 11) is 1.63. The van der Waals surface area contributed by atoms with Gasteiger partial charge in [0.25, 0.3) is 0 Å². The zero-order valence-corrected chi connectivity index (χ0v) is 21.9. The Hall–Kier alpha value is -4.39. The summed E-state index contributed by atoms with van der Waals surface area (Å²) < 4.78 is 22.2. The van der Waals surface area contributed by atoms with Gasteiger partial charge in [-0.25, -0.2) is 0 Å². The van der Waals surface area contributed by atoms with Crippen LogP contribution in [0.2, 0.25) is 0 Å². The summed E-state index contributed by atoms with van der Waals surface area (Å²) in [4.78, 5) is 32.3. The normalized spacial score (nSPS) is 21.7. The van der Waals surface area contributed by atoms with Crippen LogP contribution in [0.1, 0.15) is 48.3 Å². The molecule has 0 saturated carbocycles. The number of ether oxygens (including phenoxy) is 4. The minimum absolute atomic E-state index is 0.00214. The van der Waals surface area contributed by atoms with Crippen molar-refractivity contribution in [1.29, 1.82) is 0 Å². The Balaban J connectivity index is 1.36. The van der Waals surface area contributed by atoms with Crippen molar-refractivity contribution in [3.63, 3.8) is 0 Å². The van der Waals surface area contributed by atoms with E-state index in [0.717, 1.165) is 28.1 Å². The molecule has 0 amide bonds. The highest BCUT2D eigenvalue weighted by atomic mass is 16.7. The van der Waals surface area contributed by atoms with Crippen LogP contribution >= 0.6 is 0 Å². The minimum atomic E-state index is -0.727. The van der Waals surface area contributed by atoms with Crippen molar-refractivity contribution in [1.82, 2.24) is 0 Å². The van der Waals surface area contributed by atoms with Crippen molar-refractivity contribution < 1.29 is 28.5 Å². The molecule has 6 rings (SSSR count). The summed E-state index contributed by atoms with van der Waals surface area (Å²) in [5.41, 5.74) is 4.72. The van der Waals surface area contributed by atoms with Gasteiger partial charge >= 0.3 is 5.97 Å². The Morgan fingerprint density at radius 2 is 1.69 bits per heavy atom. The first kappa shape index (κ1) is 24.9. The Labute approximate surface area is 227 Å². The molecule has 0 spiro atoms. The lowest BCUT2D eigenvalue weighted by atomic mass is 9.69. The van der Waals surface area contributed by atoms with Gasteiger partial charge in [-0.3, -0.25) is 14.6 Å². The summed E-state index contributed by atoms with van der Waals surface area (Å²) >= 11 is 0. The molecular weight excluding hydrogens is 494 g/mol. The molecule has 2 heterocycles. The molecule has 3 aliphatic rings. The second-order valence-corrected chi connectivity index (χ2v) is 10.1. The van der Waals surface area contributed by atoms with Crippen LogP contribution in [-0.4, -0.2) is 31.4 Å². The van der Waals surface area contributed by atoms with Crippen LogP contribution < -0.4 is 14.2 Å². The highest BCUT2D eigenvalue weighted by Crippen LogP contribution is 2.48. The third-order valence-electron chi connectivity index (χ3n) is 7.71. The zero-order chi connectivity index (χ0) is 26.9. The molecule has 7 heteroatoms. The highest BCUT2D eigenvalue weighted by molar-refractivity contribution is 6.09. The molecule has 2 aliphatic heterocycles. The second-order valence-electron chi connectivity index (χ2n) is 10.1. The standard InChI is InChI=1S/C32H29NO6/c1-19-29(32(35)37-17-20-6-4-3-5-7-20)30(22-10-13-27-28(16-22)39-18-38-27)31-25(33-19)14-23(15-26(31)34)21-8-11-24(36-2)12-9-21/h3-13,16,23,29-30H,14-15,17-18H2,1-2H3/t23-,29?,30+/m0/s1. The van der Waals surface area contributed by atoms with Crippen molar-refractivity contribution in [2.45, 2.75) is 38.2 Å². The van der Waals surface area contributed by atoms with Crippen LogP contribution in [0, 0.1) is 5.92 Å². The first-order valence-electron chi connectivity index (χ1n) is 13.1. The van der Waals surface area contributed by atoms with Crippen molar-refractivity contribution in [2.75, 3.05) is 13.9 Å². The summed E-state index contributed by atoms with van der Waals surface area (Å²) in [6, 6.07) is 23.0. The number of carbonyl (C=O) groups excluding carboxylic acids is 2. The molecule has 3 atom stereocenters. The van der Waals surface area contributed by atoms with E-state index >= 15 is 0 Å². The van der Waals surface area contributed by atoms with E-state index < -0.39 is 17.8 Å². The molecular formula is C32H29NO6. The topological polar surface area (TPSA) is 83.4 Å². The van der Waals surface area contributed by atoms with Crippen LogP contribution in [0.3, 0.4) is 0 Å². The maximum Gasteiger partial charge on any atom is 0.315 e. The summed E-state index contributed by atoms with van der Waals surface area (Å²) in [5.74, 6) is 0.354. The zero-order valence-electron chi connectivity index (χ0n) is 21.9. The number of methoxy groups -OCH3 is 1. The number of hydrogen-bond donors (Lipinski definition) is 0. The van der Waals surface area contributed by atoms with Crippen LogP contribution in [0.5, 0.6) is 17.2 Å².